The highest BCUT2D eigenvalue weighted by atomic mass is 32.1. The van der Waals surface area contributed by atoms with E-state index in [1.54, 1.807) is 28.6 Å². The monoisotopic (exact) mass is 1000 g/mol. The number of likely N-dealkylation sites (tertiary alicyclic amines) is 2. The van der Waals surface area contributed by atoms with E-state index in [4.69, 9.17) is 19.2 Å². The van der Waals surface area contributed by atoms with Crippen LogP contribution in [0.1, 0.15) is 124 Å². The van der Waals surface area contributed by atoms with E-state index in [1.807, 2.05) is 43.0 Å². The van der Waals surface area contributed by atoms with Crippen molar-refractivity contribution >= 4 is 46.2 Å². The summed E-state index contributed by atoms with van der Waals surface area (Å²) in [6.07, 6.45) is 10.5. The number of halogens is 1. The zero-order chi connectivity index (χ0) is 49.8. The summed E-state index contributed by atoms with van der Waals surface area (Å²) >= 11 is 1.76. The van der Waals surface area contributed by atoms with Crippen LogP contribution in [0.2, 0.25) is 0 Å². The maximum absolute atomic E-state index is 17.0. The summed E-state index contributed by atoms with van der Waals surface area (Å²) in [5, 5.41) is 6.22. The molecule has 0 bridgehead atoms. The molecule has 6 aromatic rings. The Bertz CT molecular complexity index is 3020. The van der Waals surface area contributed by atoms with Gasteiger partial charge in [0.2, 0.25) is 18.0 Å². The molecule has 2 aromatic carbocycles. The number of H-pyrrole nitrogens is 2. The normalized spacial score (nSPS) is 23.4. The standard InChI is InChI=1S/C53H60FN9O8S/c1-28-19-34(20-29(2)70-28)47(60-53(67)69-4)50(65)62-18-8-12-40(62)49-55-25-36(58-49)31-13-14-38-33(21-31)23-41-46-35(54)22-32(24-42(46)71-51(63(38)41)44-16-15-43(72-44)30-9-5-6-10-30)37-26-56-48(59-37)39-11-7-17-61(39)45(64)27-57-52(66)68-3/h13-16,21-26,28-30,34,39-40,47,51H,5-12,17-20,27H2,1-4H3,(H,55,58)(H,56,59)(H,57,66)(H,60,67). The number of methoxy groups -OCH3 is 2. The Balaban J connectivity index is 0.901. The van der Waals surface area contributed by atoms with E-state index >= 15 is 4.39 Å². The van der Waals surface area contributed by atoms with Crippen LogP contribution in [0.15, 0.2) is 60.9 Å². The lowest BCUT2D eigenvalue weighted by Gasteiger charge is -2.38. The molecule has 4 aliphatic heterocycles. The molecule has 5 aliphatic rings. The molecule has 4 fully saturated rings. The Labute approximate surface area is 420 Å². The van der Waals surface area contributed by atoms with Gasteiger partial charge >= 0.3 is 12.2 Å². The zero-order valence-corrected chi connectivity index (χ0v) is 41.7. The highest BCUT2D eigenvalue weighted by molar-refractivity contribution is 7.12. The van der Waals surface area contributed by atoms with Gasteiger partial charge < -0.3 is 49.3 Å². The Hall–Kier alpha value is -6.73. The molecule has 19 heteroatoms. The molecule has 4 N–H and O–H groups in total. The molecule has 17 nitrogen and oxygen atoms in total. The second-order valence-electron chi connectivity index (χ2n) is 19.9. The summed E-state index contributed by atoms with van der Waals surface area (Å²) < 4.78 is 41.6. The van der Waals surface area contributed by atoms with Crippen molar-refractivity contribution in [1.29, 1.82) is 0 Å². The fourth-order valence-electron chi connectivity index (χ4n) is 12.0. The average molecular weight is 1000 g/mol. The molecule has 0 radical (unpaired) electrons. The van der Waals surface area contributed by atoms with Crippen molar-refractivity contribution < 1.29 is 42.5 Å². The Morgan fingerprint density at radius 2 is 1.47 bits per heavy atom. The maximum atomic E-state index is 17.0. The predicted molar refractivity (Wildman–Crippen MR) is 267 cm³/mol. The summed E-state index contributed by atoms with van der Waals surface area (Å²) in [7, 11) is 2.55. The highest BCUT2D eigenvalue weighted by Crippen LogP contribution is 2.49. The van der Waals surface area contributed by atoms with Crippen LogP contribution in [-0.4, -0.2) is 110 Å². The number of benzene rings is 2. The van der Waals surface area contributed by atoms with Crippen LogP contribution in [0.5, 0.6) is 5.75 Å². The summed E-state index contributed by atoms with van der Waals surface area (Å²) in [5.41, 5.74) is 4.71. The number of fused-ring (bicyclic) bond motifs is 5. The third kappa shape index (κ3) is 8.98. The van der Waals surface area contributed by atoms with Gasteiger partial charge in [-0.2, -0.15) is 0 Å². The number of carbonyl (C=O) groups is 4. The van der Waals surface area contributed by atoms with Gasteiger partial charge in [-0.15, -0.1) is 11.3 Å². The van der Waals surface area contributed by atoms with Crippen molar-refractivity contribution in [2.75, 3.05) is 33.9 Å². The van der Waals surface area contributed by atoms with Gasteiger partial charge in [0.15, 0.2) is 0 Å². The Kier molecular flexibility index (Phi) is 13.0. The molecule has 6 atom stereocenters. The van der Waals surface area contributed by atoms with Crippen molar-refractivity contribution in [1.82, 2.24) is 44.9 Å². The van der Waals surface area contributed by atoms with Crippen molar-refractivity contribution in [2.24, 2.45) is 5.92 Å². The number of hydrogen-bond donors (Lipinski definition) is 4. The quantitative estimate of drug-likeness (QED) is 0.0970. The topological polar surface area (TPSA) is 198 Å². The van der Waals surface area contributed by atoms with Gasteiger partial charge in [0.1, 0.15) is 35.8 Å². The highest BCUT2D eigenvalue weighted by Gasteiger charge is 2.42. The van der Waals surface area contributed by atoms with Crippen LogP contribution in [-0.2, 0) is 23.8 Å². The van der Waals surface area contributed by atoms with E-state index in [9.17, 15) is 19.2 Å². The second kappa shape index (κ2) is 19.7. The number of nitrogens with zero attached hydrogens (tertiary/aromatic N) is 5. The molecule has 3 saturated heterocycles. The number of ether oxygens (including phenoxy) is 4. The average Bonchev–Trinajstić information content (AvgIpc) is 4.23. The summed E-state index contributed by atoms with van der Waals surface area (Å²) in [4.78, 5) is 74.1. The van der Waals surface area contributed by atoms with E-state index in [-0.39, 0.29) is 48.6 Å². The fourth-order valence-corrected chi connectivity index (χ4v) is 13.2. The molecule has 378 valence electrons. The van der Waals surface area contributed by atoms with Crippen molar-refractivity contribution in [3.8, 4) is 39.5 Å². The number of nitrogens with one attached hydrogen (secondary N) is 4. The van der Waals surface area contributed by atoms with E-state index in [0.717, 1.165) is 39.9 Å². The van der Waals surface area contributed by atoms with Crippen LogP contribution < -0.4 is 15.4 Å². The molecule has 4 amide bonds. The number of alkyl carbamates (subject to hydrolysis) is 2. The minimum Gasteiger partial charge on any atom is -0.464 e. The van der Waals surface area contributed by atoms with Gasteiger partial charge in [0, 0.05) is 34.5 Å². The van der Waals surface area contributed by atoms with E-state index in [0.29, 0.717) is 84.6 Å². The summed E-state index contributed by atoms with van der Waals surface area (Å²) in [5.74, 6) is 1.19. The first kappa shape index (κ1) is 47.6. The molecular formula is C53H60FN9O8S. The van der Waals surface area contributed by atoms with Gasteiger partial charge in [-0.1, -0.05) is 18.9 Å². The largest absolute Gasteiger partial charge is 0.464 e. The molecule has 1 aliphatic carbocycles. The number of amides is 4. The van der Waals surface area contributed by atoms with Gasteiger partial charge in [0.05, 0.1) is 83.9 Å². The lowest BCUT2D eigenvalue weighted by Crippen LogP contribution is -2.54. The van der Waals surface area contributed by atoms with Gasteiger partial charge in [-0.25, -0.2) is 23.9 Å². The predicted octanol–water partition coefficient (Wildman–Crippen LogP) is 9.50. The van der Waals surface area contributed by atoms with Gasteiger partial charge in [0.25, 0.3) is 0 Å². The Morgan fingerprint density at radius 1 is 0.806 bits per heavy atom. The molecule has 0 spiro atoms. The smallest absolute Gasteiger partial charge is 0.407 e. The molecule has 4 aromatic heterocycles. The summed E-state index contributed by atoms with van der Waals surface area (Å²) in [6, 6.07) is 14.5. The number of hydrogen-bond acceptors (Lipinski definition) is 11. The second-order valence-corrected chi connectivity index (χ2v) is 21.1. The third-order valence-corrected chi connectivity index (χ3v) is 16.6. The molecular weight excluding hydrogens is 942 g/mol. The molecule has 8 heterocycles. The fraction of sp³-hybridized carbons (Fsp3) is 0.472. The maximum Gasteiger partial charge on any atom is 0.407 e. The van der Waals surface area contributed by atoms with Crippen LogP contribution >= 0.6 is 11.3 Å². The molecule has 72 heavy (non-hydrogen) atoms. The first-order valence-corrected chi connectivity index (χ1v) is 26.0. The number of carbonyl (C=O) groups excluding carboxylic acids is 4. The zero-order valence-electron chi connectivity index (χ0n) is 40.9. The molecule has 11 rings (SSSR count). The van der Waals surface area contributed by atoms with Crippen LogP contribution in [0, 0.1) is 11.7 Å². The number of imidazole rings is 2. The summed E-state index contributed by atoms with van der Waals surface area (Å²) in [6.45, 7) is 4.85. The van der Waals surface area contributed by atoms with Gasteiger partial charge in [-0.3, -0.25) is 14.2 Å². The Morgan fingerprint density at radius 3 is 2.18 bits per heavy atom. The minimum absolute atomic E-state index is 0.0485. The number of thiophene rings is 1. The molecule has 6 unspecified atom stereocenters. The SMILES string of the molecule is COC(=O)NCC(=O)N1CCCC1c1ncc(-c2cc(F)c3c(c2)OC(c2ccc(C4CCCC4)s2)n2c-3cc3cc(-c4cnc(C5CCCN5C(=O)C(NC(=O)OC)C5CC(C)OC(C)C5)[nH]4)ccc32)[nH]1. The molecule has 1 saturated carbocycles. The van der Waals surface area contributed by atoms with Crippen LogP contribution in [0.25, 0.3) is 44.7 Å². The first-order valence-electron chi connectivity index (χ1n) is 25.2. The number of aromatic amines is 2. The van der Waals surface area contributed by atoms with Crippen LogP contribution in [0.3, 0.4) is 0 Å². The van der Waals surface area contributed by atoms with E-state index < -0.39 is 30.3 Å². The van der Waals surface area contributed by atoms with Crippen molar-refractivity contribution in [3.05, 3.63) is 88.1 Å². The number of rotatable bonds is 11. The van der Waals surface area contributed by atoms with Gasteiger partial charge in [-0.05, 0) is 120 Å². The van der Waals surface area contributed by atoms with Crippen molar-refractivity contribution in [2.45, 2.75) is 121 Å². The first-order chi connectivity index (χ1) is 34.9. The lowest BCUT2D eigenvalue weighted by molar-refractivity contribution is -0.138. The van der Waals surface area contributed by atoms with Crippen molar-refractivity contribution in [3.63, 3.8) is 0 Å². The third-order valence-electron chi connectivity index (χ3n) is 15.3. The number of aromatic nitrogens is 5. The van der Waals surface area contributed by atoms with E-state index in [2.05, 4.69) is 53.1 Å². The minimum atomic E-state index is -0.767. The van der Waals surface area contributed by atoms with Crippen LogP contribution in [0.4, 0.5) is 14.0 Å². The van der Waals surface area contributed by atoms with E-state index in [1.165, 1.54) is 50.8 Å². The lowest BCUT2D eigenvalue weighted by atomic mass is 9.85.